The van der Waals surface area contributed by atoms with Gasteiger partial charge in [0, 0.05) is 32.2 Å². The number of unbranched alkanes of at least 4 members (excludes halogenated alkanes) is 1. The first-order chi connectivity index (χ1) is 9.47. The molecule has 0 radical (unpaired) electrons. The van der Waals surface area contributed by atoms with Gasteiger partial charge >= 0.3 is 0 Å². The third-order valence-electron chi connectivity index (χ3n) is 3.79. The fraction of sp³-hybridized carbons (Fsp3) is 0.938. The van der Waals surface area contributed by atoms with E-state index in [9.17, 15) is 4.79 Å². The third kappa shape index (κ3) is 7.85. The molecule has 1 rings (SSSR count). The molecule has 0 aromatic rings. The highest BCUT2D eigenvalue weighted by Crippen LogP contribution is 2.08. The third-order valence-corrected chi connectivity index (χ3v) is 3.79. The van der Waals surface area contributed by atoms with Gasteiger partial charge in [0.15, 0.2) is 0 Å². The Bertz CT molecular complexity index is 271. The van der Waals surface area contributed by atoms with E-state index in [2.05, 4.69) is 29.0 Å². The monoisotopic (exact) mass is 283 g/mol. The molecule has 0 atom stereocenters. The molecule has 1 N–H and O–H groups in total. The lowest BCUT2D eigenvalue weighted by Crippen LogP contribution is -2.50. The smallest absolute Gasteiger partial charge is 0.234 e. The largest absolute Gasteiger partial charge is 0.353 e. The number of rotatable bonds is 8. The molecule has 1 saturated heterocycles. The second-order valence-electron chi connectivity index (χ2n) is 6.73. The minimum absolute atomic E-state index is 0.158. The van der Waals surface area contributed by atoms with E-state index in [1.54, 1.807) is 0 Å². The number of piperazine rings is 1. The molecule has 20 heavy (non-hydrogen) atoms. The van der Waals surface area contributed by atoms with E-state index in [0.29, 0.717) is 6.54 Å². The van der Waals surface area contributed by atoms with E-state index in [1.807, 2.05) is 13.8 Å². The SMILES string of the molecule is CC(C)CCCCN1CCN(CC(=O)NC(C)C)CC1. The minimum atomic E-state index is 0.158. The lowest BCUT2D eigenvalue weighted by Gasteiger charge is -2.34. The predicted octanol–water partition coefficient (Wildman–Crippen LogP) is 1.95. The van der Waals surface area contributed by atoms with E-state index >= 15 is 0 Å². The highest BCUT2D eigenvalue weighted by Gasteiger charge is 2.18. The standard InChI is InChI=1S/C16H33N3O/c1-14(2)7-5-6-8-18-9-11-19(12-10-18)13-16(20)17-15(3)4/h14-15H,5-13H2,1-4H3,(H,17,20). The van der Waals surface area contributed by atoms with Gasteiger partial charge in [-0.25, -0.2) is 0 Å². The molecule has 4 nitrogen and oxygen atoms in total. The molecule has 1 heterocycles. The van der Waals surface area contributed by atoms with Crippen molar-refractivity contribution in [1.29, 1.82) is 0 Å². The van der Waals surface area contributed by atoms with Gasteiger partial charge < -0.3 is 10.2 Å². The van der Waals surface area contributed by atoms with Crippen LogP contribution in [-0.2, 0) is 4.79 Å². The van der Waals surface area contributed by atoms with Crippen LogP contribution in [-0.4, -0.2) is 61.0 Å². The zero-order valence-electron chi connectivity index (χ0n) is 13.8. The van der Waals surface area contributed by atoms with Crippen LogP contribution >= 0.6 is 0 Å². The van der Waals surface area contributed by atoms with E-state index < -0.39 is 0 Å². The van der Waals surface area contributed by atoms with Crippen molar-refractivity contribution in [1.82, 2.24) is 15.1 Å². The number of amides is 1. The topological polar surface area (TPSA) is 35.6 Å². The van der Waals surface area contributed by atoms with Gasteiger partial charge in [0.2, 0.25) is 5.91 Å². The Labute approximate surface area is 124 Å². The maximum atomic E-state index is 11.7. The first-order valence-corrected chi connectivity index (χ1v) is 8.21. The predicted molar refractivity (Wildman–Crippen MR) is 84.8 cm³/mol. The number of nitrogens with zero attached hydrogens (tertiary/aromatic N) is 2. The van der Waals surface area contributed by atoms with E-state index in [4.69, 9.17) is 0 Å². The minimum Gasteiger partial charge on any atom is -0.353 e. The average Bonchev–Trinajstić information content (AvgIpc) is 2.35. The van der Waals surface area contributed by atoms with Gasteiger partial charge in [0.05, 0.1) is 6.54 Å². The Morgan fingerprint density at radius 2 is 1.60 bits per heavy atom. The van der Waals surface area contributed by atoms with Crippen molar-refractivity contribution in [2.45, 2.75) is 53.0 Å². The first kappa shape index (κ1) is 17.4. The van der Waals surface area contributed by atoms with Crippen molar-refractivity contribution in [3.63, 3.8) is 0 Å². The first-order valence-electron chi connectivity index (χ1n) is 8.21. The van der Waals surface area contributed by atoms with Crippen molar-refractivity contribution in [3.05, 3.63) is 0 Å². The van der Waals surface area contributed by atoms with E-state index in [1.165, 1.54) is 25.8 Å². The lowest BCUT2D eigenvalue weighted by molar-refractivity contribution is -0.123. The molecule has 118 valence electrons. The number of carbonyl (C=O) groups is 1. The van der Waals surface area contributed by atoms with Gasteiger partial charge in [-0.2, -0.15) is 0 Å². The van der Waals surface area contributed by atoms with Crippen LogP contribution in [0.2, 0.25) is 0 Å². The summed E-state index contributed by atoms with van der Waals surface area (Å²) in [7, 11) is 0. The average molecular weight is 283 g/mol. The summed E-state index contributed by atoms with van der Waals surface area (Å²) in [6.07, 6.45) is 4.00. The van der Waals surface area contributed by atoms with Gasteiger partial charge in [0.1, 0.15) is 0 Å². The molecular weight excluding hydrogens is 250 g/mol. The van der Waals surface area contributed by atoms with Gasteiger partial charge in [-0.3, -0.25) is 9.69 Å². The number of hydrogen-bond donors (Lipinski definition) is 1. The van der Waals surface area contributed by atoms with Crippen LogP contribution in [0.3, 0.4) is 0 Å². The summed E-state index contributed by atoms with van der Waals surface area (Å²) < 4.78 is 0. The van der Waals surface area contributed by atoms with Gasteiger partial charge in [-0.05, 0) is 32.7 Å². The summed E-state index contributed by atoms with van der Waals surface area (Å²) in [5.41, 5.74) is 0. The molecular formula is C16H33N3O. The zero-order valence-corrected chi connectivity index (χ0v) is 13.8. The van der Waals surface area contributed by atoms with Crippen molar-refractivity contribution in [3.8, 4) is 0 Å². The highest BCUT2D eigenvalue weighted by molar-refractivity contribution is 5.78. The quantitative estimate of drug-likeness (QED) is 0.692. The molecule has 1 fully saturated rings. The zero-order chi connectivity index (χ0) is 15.0. The Balaban J connectivity index is 2.09. The fourth-order valence-corrected chi connectivity index (χ4v) is 2.63. The van der Waals surface area contributed by atoms with Crippen LogP contribution in [0.15, 0.2) is 0 Å². The van der Waals surface area contributed by atoms with Crippen LogP contribution in [0.1, 0.15) is 47.0 Å². The number of hydrogen-bond acceptors (Lipinski definition) is 3. The molecule has 1 aliphatic heterocycles. The van der Waals surface area contributed by atoms with E-state index in [-0.39, 0.29) is 11.9 Å². The molecule has 1 aliphatic rings. The number of nitrogens with one attached hydrogen (secondary N) is 1. The van der Waals surface area contributed by atoms with Crippen molar-refractivity contribution < 1.29 is 4.79 Å². The molecule has 0 aromatic carbocycles. The summed E-state index contributed by atoms with van der Waals surface area (Å²) in [5, 5.41) is 2.96. The van der Waals surface area contributed by atoms with Crippen LogP contribution in [0.25, 0.3) is 0 Å². The maximum Gasteiger partial charge on any atom is 0.234 e. The maximum absolute atomic E-state index is 11.7. The molecule has 0 saturated carbocycles. The summed E-state index contributed by atoms with van der Waals surface area (Å²) in [6.45, 7) is 14.6. The van der Waals surface area contributed by atoms with Crippen molar-refractivity contribution >= 4 is 5.91 Å². The van der Waals surface area contributed by atoms with Crippen LogP contribution in [0, 0.1) is 5.92 Å². The second-order valence-corrected chi connectivity index (χ2v) is 6.73. The van der Waals surface area contributed by atoms with Crippen LogP contribution in [0.4, 0.5) is 0 Å². The second kappa shape index (κ2) is 9.35. The molecule has 0 spiro atoms. The van der Waals surface area contributed by atoms with E-state index in [0.717, 1.165) is 32.1 Å². The molecule has 0 aromatic heterocycles. The lowest BCUT2D eigenvalue weighted by atomic mass is 10.1. The van der Waals surface area contributed by atoms with Crippen molar-refractivity contribution in [2.24, 2.45) is 5.92 Å². The van der Waals surface area contributed by atoms with Gasteiger partial charge in [-0.1, -0.05) is 26.7 Å². The normalized spacial score (nSPS) is 17.9. The molecule has 0 unspecified atom stereocenters. The highest BCUT2D eigenvalue weighted by atomic mass is 16.2. The molecule has 4 heteroatoms. The summed E-state index contributed by atoms with van der Waals surface area (Å²) >= 11 is 0. The molecule has 0 bridgehead atoms. The van der Waals surface area contributed by atoms with Crippen LogP contribution < -0.4 is 5.32 Å². The summed E-state index contributed by atoms with van der Waals surface area (Å²) in [5.74, 6) is 0.983. The fourth-order valence-electron chi connectivity index (χ4n) is 2.63. The molecule has 0 aliphatic carbocycles. The summed E-state index contributed by atoms with van der Waals surface area (Å²) in [6, 6.07) is 0.241. The van der Waals surface area contributed by atoms with Crippen LogP contribution in [0.5, 0.6) is 0 Å². The number of carbonyl (C=O) groups excluding carboxylic acids is 1. The van der Waals surface area contributed by atoms with Gasteiger partial charge in [-0.15, -0.1) is 0 Å². The van der Waals surface area contributed by atoms with Crippen molar-refractivity contribution in [2.75, 3.05) is 39.3 Å². The Kier molecular flexibility index (Phi) is 8.15. The molecule has 1 amide bonds. The Hall–Kier alpha value is -0.610. The van der Waals surface area contributed by atoms with Gasteiger partial charge in [0.25, 0.3) is 0 Å². The Morgan fingerprint density at radius 1 is 1.00 bits per heavy atom. The Morgan fingerprint density at radius 3 is 2.15 bits per heavy atom. The summed E-state index contributed by atoms with van der Waals surface area (Å²) in [4.78, 5) is 16.5.